The number of hydrogen-bond acceptors (Lipinski definition) is 7. The summed E-state index contributed by atoms with van der Waals surface area (Å²) in [6.07, 6.45) is 5.11. The molecule has 2 atom stereocenters. The number of rotatable bonds is 6. The monoisotopic (exact) mass is 467 g/mol. The minimum absolute atomic E-state index is 0.0505. The lowest BCUT2D eigenvalue weighted by Gasteiger charge is -2.15. The van der Waals surface area contributed by atoms with E-state index in [-0.39, 0.29) is 17.0 Å². The van der Waals surface area contributed by atoms with Crippen LogP contribution in [0, 0.1) is 11.3 Å². The second kappa shape index (κ2) is 8.11. The summed E-state index contributed by atoms with van der Waals surface area (Å²) in [6, 6.07) is 6.93. The van der Waals surface area contributed by atoms with E-state index in [4.69, 9.17) is 16.3 Å². The quantitative estimate of drug-likeness (QED) is 0.525. The third kappa shape index (κ3) is 4.25. The van der Waals surface area contributed by atoms with Gasteiger partial charge in [0, 0.05) is 24.7 Å². The Morgan fingerprint density at radius 1 is 1.24 bits per heavy atom. The smallest absolute Gasteiger partial charge is 0.413 e. The highest BCUT2D eigenvalue weighted by molar-refractivity contribution is 6.30. The lowest BCUT2D eigenvalue weighted by Crippen LogP contribution is -2.18. The van der Waals surface area contributed by atoms with Gasteiger partial charge in [-0.05, 0) is 49.8 Å². The van der Waals surface area contributed by atoms with Crippen molar-refractivity contribution < 1.29 is 14.3 Å². The van der Waals surface area contributed by atoms with Crippen molar-refractivity contribution in [2.75, 3.05) is 10.6 Å². The van der Waals surface area contributed by atoms with Gasteiger partial charge in [0.25, 0.3) is 0 Å². The maximum atomic E-state index is 12.5. The number of hydrogen-bond donors (Lipinski definition) is 2. The summed E-state index contributed by atoms with van der Waals surface area (Å²) >= 11 is 6.08. The molecule has 2 unspecified atom stereocenters. The van der Waals surface area contributed by atoms with Gasteiger partial charge in [-0.25, -0.2) is 14.5 Å². The molecule has 1 spiro atoms. The van der Waals surface area contributed by atoms with E-state index in [1.807, 2.05) is 0 Å². The van der Waals surface area contributed by atoms with Crippen molar-refractivity contribution in [1.82, 2.24) is 25.0 Å². The van der Waals surface area contributed by atoms with E-state index in [1.54, 1.807) is 50.6 Å². The number of pyridine rings is 2. The normalized spacial score (nSPS) is 18.5. The fraction of sp³-hybridized carbons (Fsp3) is 0.364. The SMILES string of the molecule is CC(OC(=O)Nc1c(-c2ccc(NC(=O)C3CC34CC4)cn2)nnn1C)c1cccnc1Cl. The molecule has 5 rings (SSSR count). The van der Waals surface area contributed by atoms with Crippen LogP contribution in [-0.2, 0) is 16.6 Å². The molecule has 2 N–H and O–H groups in total. The van der Waals surface area contributed by atoms with Crippen molar-refractivity contribution in [3.8, 4) is 11.4 Å². The van der Waals surface area contributed by atoms with Gasteiger partial charge in [0.1, 0.15) is 11.3 Å². The molecule has 3 aromatic heterocycles. The van der Waals surface area contributed by atoms with Crippen LogP contribution in [0.3, 0.4) is 0 Å². The Bertz CT molecular complexity index is 1220. The lowest BCUT2D eigenvalue weighted by atomic mass is 10.2. The van der Waals surface area contributed by atoms with E-state index < -0.39 is 12.2 Å². The number of amides is 2. The maximum absolute atomic E-state index is 12.5. The summed E-state index contributed by atoms with van der Waals surface area (Å²) in [6.45, 7) is 1.70. The van der Waals surface area contributed by atoms with Crippen LogP contribution in [-0.4, -0.2) is 37.0 Å². The molecule has 11 heteroatoms. The van der Waals surface area contributed by atoms with Gasteiger partial charge in [0.2, 0.25) is 5.91 Å². The Balaban J connectivity index is 1.25. The number of nitrogens with one attached hydrogen (secondary N) is 2. The highest BCUT2D eigenvalue weighted by Crippen LogP contribution is 2.70. The first-order valence-electron chi connectivity index (χ1n) is 10.6. The van der Waals surface area contributed by atoms with E-state index in [9.17, 15) is 9.59 Å². The molecule has 2 amide bonds. The number of anilines is 2. The van der Waals surface area contributed by atoms with Crippen LogP contribution in [0.4, 0.5) is 16.3 Å². The van der Waals surface area contributed by atoms with Crippen LogP contribution >= 0.6 is 11.6 Å². The Morgan fingerprint density at radius 2 is 2.06 bits per heavy atom. The molecule has 2 aliphatic rings. The minimum Gasteiger partial charge on any atom is -0.441 e. The number of aryl methyl sites for hydroxylation is 1. The summed E-state index contributed by atoms with van der Waals surface area (Å²) < 4.78 is 6.85. The molecule has 10 nitrogen and oxygen atoms in total. The zero-order chi connectivity index (χ0) is 23.2. The van der Waals surface area contributed by atoms with E-state index in [2.05, 4.69) is 30.9 Å². The summed E-state index contributed by atoms with van der Waals surface area (Å²) in [5.74, 6) is 0.500. The topological polar surface area (TPSA) is 124 Å². The zero-order valence-corrected chi connectivity index (χ0v) is 18.8. The van der Waals surface area contributed by atoms with Gasteiger partial charge >= 0.3 is 6.09 Å². The summed E-state index contributed by atoms with van der Waals surface area (Å²) in [5.41, 5.74) is 2.37. The van der Waals surface area contributed by atoms with Gasteiger partial charge in [-0.2, -0.15) is 0 Å². The largest absolute Gasteiger partial charge is 0.441 e. The Kier molecular flexibility index (Phi) is 5.24. The molecular formula is C22H22ClN7O3. The summed E-state index contributed by atoms with van der Waals surface area (Å²) in [7, 11) is 1.64. The molecule has 170 valence electrons. The zero-order valence-electron chi connectivity index (χ0n) is 18.1. The van der Waals surface area contributed by atoms with Crippen LogP contribution in [0.2, 0.25) is 5.15 Å². The van der Waals surface area contributed by atoms with E-state index >= 15 is 0 Å². The first kappa shape index (κ1) is 21.3. The third-order valence-electron chi connectivity index (χ3n) is 6.23. The van der Waals surface area contributed by atoms with Crippen LogP contribution in [0.25, 0.3) is 11.4 Å². The predicted molar refractivity (Wildman–Crippen MR) is 120 cm³/mol. The second-order valence-electron chi connectivity index (χ2n) is 8.51. The average Bonchev–Trinajstić information content (AvgIpc) is 3.70. The third-order valence-corrected chi connectivity index (χ3v) is 6.54. The van der Waals surface area contributed by atoms with E-state index in [0.29, 0.717) is 33.9 Å². The highest BCUT2D eigenvalue weighted by atomic mass is 35.5. The molecule has 2 aliphatic carbocycles. The molecule has 2 fully saturated rings. The first-order chi connectivity index (χ1) is 15.9. The average molecular weight is 468 g/mol. The van der Waals surface area contributed by atoms with E-state index in [0.717, 1.165) is 19.3 Å². The standard InChI is InChI=1S/C22H22ClN7O3/c1-12(14-4-3-9-24-18(14)23)33-21(32)27-19-17(28-29-30(19)2)16-6-5-13(11-25-16)26-20(31)15-10-22(15)7-8-22/h3-6,9,11-12,15H,7-8,10H2,1-2H3,(H,26,31)(H,27,32). The van der Waals surface area contributed by atoms with Crippen molar-refractivity contribution in [2.24, 2.45) is 18.4 Å². The highest BCUT2D eigenvalue weighted by Gasteiger charge is 2.65. The van der Waals surface area contributed by atoms with Crippen molar-refractivity contribution in [1.29, 1.82) is 0 Å². The Labute approximate surface area is 194 Å². The molecule has 0 bridgehead atoms. The second-order valence-corrected chi connectivity index (χ2v) is 8.86. The van der Waals surface area contributed by atoms with E-state index in [1.165, 1.54) is 4.68 Å². The summed E-state index contributed by atoms with van der Waals surface area (Å²) in [4.78, 5) is 33.2. The first-order valence-corrected chi connectivity index (χ1v) is 11.0. The summed E-state index contributed by atoms with van der Waals surface area (Å²) in [5, 5.41) is 13.9. The maximum Gasteiger partial charge on any atom is 0.413 e. The molecule has 0 radical (unpaired) electrons. The molecule has 0 aromatic carbocycles. The fourth-order valence-electron chi connectivity index (χ4n) is 3.99. The van der Waals surface area contributed by atoms with Crippen molar-refractivity contribution in [2.45, 2.75) is 32.3 Å². The van der Waals surface area contributed by atoms with Gasteiger partial charge in [-0.15, -0.1) is 5.10 Å². The molecule has 0 aliphatic heterocycles. The fourth-order valence-corrected chi connectivity index (χ4v) is 4.26. The Morgan fingerprint density at radius 3 is 2.73 bits per heavy atom. The Hall–Kier alpha value is -3.53. The number of ether oxygens (including phenoxy) is 1. The number of halogens is 1. The van der Waals surface area contributed by atoms with Crippen molar-refractivity contribution in [3.05, 3.63) is 47.4 Å². The van der Waals surface area contributed by atoms with Gasteiger partial charge in [-0.1, -0.05) is 22.9 Å². The van der Waals surface area contributed by atoms with Crippen molar-refractivity contribution in [3.63, 3.8) is 0 Å². The van der Waals surface area contributed by atoms with Crippen LogP contribution in [0.5, 0.6) is 0 Å². The molecule has 2 saturated carbocycles. The van der Waals surface area contributed by atoms with Gasteiger partial charge in [0.05, 0.1) is 17.6 Å². The number of carbonyl (C=O) groups is 2. The number of aromatic nitrogens is 5. The molecule has 3 heterocycles. The molecule has 33 heavy (non-hydrogen) atoms. The van der Waals surface area contributed by atoms with Gasteiger partial charge in [-0.3, -0.25) is 15.1 Å². The lowest BCUT2D eigenvalue weighted by molar-refractivity contribution is -0.117. The predicted octanol–water partition coefficient (Wildman–Crippen LogP) is 3.97. The van der Waals surface area contributed by atoms with Gasteiger partial charge < -0.3 is 10.1 Å². The minimum atomic E-state index is -0.698. The van der Waals surface area contributed by atoms with Gasteiger partial charge in [0.15, 0.2) is 11.5 Å². The number of nitrogens with zero attached hydrogens (tertiary/aromatic N) is 5. The molecule has 3 aromatic rings. The van der Waals surface area contributed by atoms with Crippen LogP contribution < -0.4 is 10.6 Å². The molecular weight excluding hydrogens is 446 g/mol. The van der Waals surface area contributed by atoms with Crippen LogP contribution in [0.15, 0.2) is 36.7 Å². The molecule has 0 saturated heterocycles. The van der Waals surface area contributed by atoms with Crippen molar-refractivity contribution >= 4 is 35.1 Å². The van der Waals surface area contributed by atoms with Crippen LogP contribution in [0.1, 0.15) is 37.9 Å². The number of carbonyl (C=O) groups excluding carboxylic acids is 2.